The van der Waals surface area contributed by atoms with Crippen LogP contribution in [0.15, 0.2) is 0 Å². The smallest absolute Gasteiger partial charge is 0.327 e. The minimum absolute atomic E-state index is 0.00564. The Hall–Kier alpha value is -0.910. The van der Waals surface area contributed by atoms with Gasteiger partial charge in [-0.15, -0.1) is 0 Å². The molecule has 1 atom stereocenters. The first-order valence-corrected chi connectivity index (χ1v) is 5.37. The highest BCUT2D eigenvalue weighted by Crippen LogP contribution is 2.06. The van der Waals surface area contributed by atoms with Crippen LogP contribution in [0.1, 0.15) is 20.3 Å². The molecule has 0 aliphatic heterocycles. The van der Waals surface area contributed by atoms with E-state index in [1.165, 1.54) is 6.92 Å². The summed E-state index contributed by atoms with van der Waals surface area (Å²) < 4.78 is 9.21. The fourth-order valence-corrected chi connectivity index (χ4v) is 1.13. The Kier molecular flexibility index (Phi) is 6.94. The van der Waals surface area contributed by atoms with Gasteiger partial charge in [-0.2, -0.15) is 0 Å². The molecule has 0 saturated heterocycles. The predicted octanol–water partition coefficient (Wildman–Crippen LogP) is 0.835. The van der Waals surface area contributed by atoms with Crippen LogP contribution in [0.25, 0.3) is 0 Å². The lowest BCUT2D eigenvalue weighted by molar-refractivity contribution is -0.144. The van der Waals surface area contributed by atoms with Gasteiger partial charge in [-0.1, -0.05) is 15.9 Å². The van der Waals surface area contributed by atoms with Crippen molar-refractivity contribution in [2.24, 2.45) is 0 Å². The molecule has 0 spiro atoms. The van der Waals surface area contributed by atoms with Crippen LogP contribution in [0.4, 0.5) is 0 Å². The van der Waals surface area contributed by atoms with E-state index in [2.05, 4.69) is 25.4 Å². The van der Waals surface area contributed by atoms with E-state index in [4.69, 9.17) is 0 Å². The van der Waals surface area contributed by atoms with Gasteiger partial charge in [0.25, 0.3) is 0 Å². The average Bonchev–Trinajstić information content (AvgIpc) is 2.16. The summed E-state index contributed by atoms with van der Waals surface area (Å²) in [7, 11) is 0. The number of esters is 2. The molecule has 0 aromatic rings. The largest absolute Gasteiger partial charge is 0.465 e. The summed E-state index contributed by atoms with van der Waals surface area (Å²) >= 11 is 2.91. The summed E-state index contributed by atoms with van der Waals surface area (Å²) in [6.45, 7) is 3.11. The van der Waals surface area contributed by atoms with E-state index in [-0.39, 0.29) is 25.4 Å². The van der Waals surface area contributed by atoms with Crippen molar-refractivity contribution in [3.63, 3.8) is 0 Å². The van der Waals surface area contributed by atoms with E-state index >= 15 is 0 Å². The van der Waals surface area contributed by atoms with Gasteiger partial charge >= 0.3 is 11.9 Å². The van der Waals surface area contributed by atoms with Gasteiger partial charge in [0.2, 0.25) is 0 Å². The van der Waals surface area contributed by atoms with Crippen molar-refractivity contribution in [1.29, 1.82) is 0 Å². The van der Waals surface area contributed by atoms with Crippen molar-refractivity contribution in [3.8, 4) is 0 Å². The summed E-state index contributed by atoms with van der Waals surface area (Å²) in [4.78, 5) is 31.8. The predicted molar refractivity (Wildman–Crippen MR) is 55.6 cm³/mol. The van der Waals surface area contributed by atoms with Gasteiger partial charge in [0.05, 0.1) is 13.2 Å². The Morgan fingerprint density at radius 1 is 1.27 bits per heavy atom. The number of alkyl halides is 1. The third kappa shape index (κ3) is 6.22. The molecule has 0 aromatic carbocycles. The summed E-state index contributed by atoms with van der Waals surface area (Å²) in [5.74, 6) is -1.44. The Morgan fingerprint density at radius 3 is 2.33 bits per heavy atom. The van der Waals surface area contributed by atoms with Crippen LogP contribution in [0.2, 0.25) is 0 Å². The number of carbonyl (C=O) groups excluding carboxylic acids is 3. The van der Waals surface area contributed by atoms with Crippen molar-refractivity contribution in [2.75, 3.05) is 13.2 Å². The molecular weight excluding hydrogens is 268 g/mol. The number of ether oxygens (including phenoxy) is 2. The first kappa shape index (κ1) is 14.1. The molecule has 86 valence electrons. The standard InChI is InChI=1S/C9H13BrO5/c1-3-14-9(13)8(10)7(12)4-5-15-6(2)11/h8H,3-5H2,1-2H3. The van der Waals surface area contributed by atoms with Gasteiger partial charge in [0, 0.05) is 13.3 Å². The summed E-state index contributed by atoms with van der Waals surface area (Å²) in [5.41, 5.74) is 0. The molecule has 0 heterocycles. The number of hydrogen-bond donors (Lipinski definition) is 0. The fourth-order valence-electron chi connectivity index (χ4n) is 0.769. The van der Waals surface area contributed by atoms with Gasteiger partial charge in [0.15, 0.2) is 10.6 Å². The third-order valence-corrected chi connectivity index (χ3v) is 2.31. The molecule has 15 heavy (non-hydrogen) atoms. The Bertz CT molecular complexity index is 251. The summed E-state index contributed by atoms with van der Waals surface area (Å²) in [6, 6.07) is 0. The van der Waals surface area contributed by atoms with Crippen LogP contribution >= 0.6 is 15.9 Å². The number of Topliss-reactive ketones (excluding diaryl/α,β-unsaturated/α-hetero) is 1. The Labute approximate surface area is 96.2 Å². The normalized spacial score (nSPS) is 11.7. The van der Waals surface area contributed by atoms with Crippen molar-refractivity contribution in [2.45, 2.75) is 25.1 Å². The van der Waals surface area contributed by atoms with E-state index in [9.17, 15) is 14.4 Å². The average molecular weight is 281 g/mol. The zero-order valence-corrected chi connectivity index (χ0v) is 10.2. The van der Waals surface area contributed by atoms with Crippen LogP contribution < -0.4 is 0 Å². The second-order valence-corrected chi connectivity index (χ2v) is 3.59. The zero-order valence-electron chi connectivity index (χ0n) is 8.62. The first-order chi connectivity index (χ1) is 6.99. The quantitative estimate of drug-likeness (QED) is 0.410. The van der Waals surface area contributed by atoms with Gasteiger partial charge in [-0.3, -0.25) is 14.4 Å². The number of rotatable bonds is 6. The Balaban J connectivity index is 3.88. The molecule has 6 heteroatoms. The molecule has 0 aromatic heterocycles. The third-order valence-electron chi connectivity index (χ3n) is 1.43. The number of halogens is 1. The molecule has 5 nitrogen and oxygen atoms in total. The maximum Gasteiger partial charge on any atom is 0.327 e. The molecule has 0 N–H and O–H groups in total. The maximum absolute atomic E-state index is 11.3. The van der Waals surface area contributed by atoms with Crippen molar-refractivity contribution in [1.82, 2.24) is 0 Å². The van der Waals surface area contributed by atoms with Crippen LogP contribution in [0.5, 0.6) is 0 Å². The monoisotopic (exact) mass is 280 g/mol. The molecule has 0 bridgehead atoms. The fraction of sp³-hybridized carbons (Fsp3) is 0.667. The topological polar surface area (TPSA) is 69.7 Å². The van der Waals surface area contributed by atoms with E-state index in [1.807, 2.05) is 0 Å². The Morgan fingerprint density at radius 2 is 1.87 bits per heavy atom. The number of ketones is 1. The SMILES string of the molecule is CCOC(=O)C(Br)C(=O)CCOC(C)=O. The number of carbonyl (C=O) groups is 3. The zero-order chi connectivity index (χ0) is 11.8. The lowest BCUT2D eigenvalue weighted by atomic mass is 10.2. The lowest BCUT2D eigenvalue weighted by Gasteiger charge is -2.07. The molecule has 0 aliphatic rings. The summed E-state index contributed by atoms with van der Waals surface area (Å²) in [5, 5.41) is 0. The van der Waals surface area contributed by atoms with Crippen LogP contribution in [-0.2, 0) is 23.9 Å². The van der Waals surface area contributed by atoms with Crippen molar-refractivity contribution >= 4 is 33.7 Å². The van der Waals surface area contributed by atoms with Crippen LogP contribution in [0, 0.1) is 0 Å². The summed E-state index contributed by atoms with van der Waals surface area (Å²) in [6.07, 6.45) is -0.00564. The second kappa shape index (κ2) is 7.39. The molecule has 0 rings (SSSR count). The molecule has 0 radical (unpaired) electrons. The lowest BCUT2D eigenvalue weighted by Crippen LogP contribution is -2.27. The molecule has 0 aliphatic carbocycles. The molecule has 1 unspecified atom stereocenters. The van der Waals surface area contributed by atoms with Crippen molar-refractivity contribution in [3.05, 3.63) is 0 Å². The molecule has 0 fully saturated rings. The highest BCUT2D eigenvalue weighted by atomic mass is 79.9. The highest BCUT2D eigenvalue weighted by Gasteiger charge is 2.24. The molecule has 0 saturated carbocycles. The maximum atomic E-state index is 11.3. The molecular formula is C9H13BrO5. The van der Waals surface area contributed by atoms with E-state index in [0.717, 1.165) is 0 Å². The minimum Gasteiger partial charge on any atom is -0.465 e. The van der Waals surface area contributed by atoms with Gasteiger partial charge in [0.1, 0.15) is 0 Å². The van der Waals surface area contributed by atoms with Crippen molar-refractivity contribution < 1.29 is 23.9 Å². The van der Waals surface area contributed by atoms with Crippen LogP contribution in [0.3, 0.4) is 0 Å². The van der Waals surface area contributed by atoms with Gasteiger partial charge in [-0.05, 0) is 6.92 Å². The second-order valence-electron chi connectivity index (χ2n) is 2.67. The van der Waals surface area contributed by atoms with Gasteiger partial charge in [-0.25, -0.2) is 0 Å². The molecule has 0 amide bonds. The van der Waals surface area contributed by atoms with E-state index < -0.39 is 16.8 Å². The first-order valence-electron chi connectivity index (χ1n) is 4.45. The number of hydrogen-bond acceptors (Lipinski definition) is 5. The highest BCUT2D eigenvalue weighted by molar-refractivity contribution is 9.10. The van der Waals surface area contributed by atoms with Gasteiger partial charge < -0.3 is 9.47 Å². The van der Waals surface area contributed by atoms with E-state index in [0.29, 0.717) is 0 Å². The minimum atomic E-state index is -0.979. The van der Waals surface area contributed by atoms with E-state index in [1.54, 1.807) is 6.92 Å². The van der Waals surface area contributed by atoms with Crippen LogP contribution in [-0.4, -0.2) is 35.8 Å².